The molecule has 2 heteroatoms. The average Bonchev–Trinajstić information content (AvgIpc) is 2.38. The summed E-state index contributed by atoms with van der Waals surface area (Å²) in [6.07, 6.45) is 0. The minimum absolute atomic E-state index is 0.334. The second-order valence-electron chi connectivity index (χ2n) is 4.64. The van der Waals surface area contributed by atoms with E-state index < -0.39 is 0 Å². The Bertz CT molecular complexity index is 178. The lowest BCUT2D eigenvalue weighted by molar-refractivity contribution is 0.137. The molecule has 2 aliphatic rings. The monoisotopic (exact) mass is 155 g/mol. The largest absolute Gasteiger partial charge is 0.395 e. The molecule has 1 unspecified atom stereocenters. The Kier molecular flexibility index (Phi) is 1.37. The van der Waals surface area contributed by atoms with E-state index in [1.54, 1.807) is 0 Å². The van der Waals surface area contributed by atoms with E-state index in [0.717, 1.165) is 11.8 Å². The maximum Gasteiger partial charge on any atom is 0.0589 e. The van der Waals surface area contributed by atoms with Crippen LogP contribution in [0.3, 0.4) is 0 Å². The Morgan fingerprint density at radius 1 is 1.55 bits per heavy atom. The van der Waals surface area contributed by atoms with E-state index in [-0.39, 0.29) is 0 Å². The van der Waals surface area contributed by atoms with Gasteiger partial charge in [0.1, 0.15) is 0 Å². The minimum Gasteiger partial charge on any atom is -0.395 e. The molecule has 1 N–H and O–H groups in total. The average molecular weight is 155 g/mol. The van der Waals surface area contributed by atoms with Crippen molar-refractivity contribution in [2.45, 2.75) is 19.9 Å². The van der Waals surface area contributed by atoms with Gasteiger partial charge in [-0.15, -0.1) is 0 Å². The summed E-state index contributed by atoms with van der Waals surface area (Å²) < 4.78 is 0. The fourth-order valence-electron chi connectivity index (χ4n) is 2.87. The summed E-state index contributed by atoms with van der Waals surface area (Å²) in [5, 5.41) is 9.12. The highest BCUT2D eigenvalue weighted by molar-refractivity contribution is 5.15. The Hall–Kier alpha value is -0.0800. The van der Waals surface area contributed by atoms with Crippen LogP contribution in [0.2, 0.25) is 0 Å². The summed E-state index contributed by atoms with van der Waals surface area (Å²) in [5.41, 5.74) is 0.514. The van der Waals surface area contributed by atoms with Crippen LogP contribution in [-0.2, 0) is 0 Å². The number of likely N-dealkylation sites (tertiary alicyclic amines) is 1. The molecule has 2 rings (SSSR count). The van der Waals surface area contributed by atoms with Crippen LogP contribution in [0.5, 0.6) is 0 Å². The summed E-state index contributed by atoms with van der Waals surface area (Å²) in [5.74, 6) is 1.61. The molecule has 2 fully saturated rings. The number of piperidine rings is 1. The molecule has 0 aromatic heterocycles. The van der Waals surface area contributed by atoms with Crippen LogP contribution in [0.15, 0.2) is 0 Å². The molecule has 1 aliphatic carbocycles. The van der Waals surface area contributed by atoms with Gasteiger partial charge in [-0.2, -0.15) is 0 Å². The van der Waals surface area contributed by atoms with E-state index in [9.17, 15) is 0 Å². The maximum atomic E-state index is 9.12. The van der Waals surface area contributed by atoms with Gasteiger partial charge in [-0.05, 0) is 24.3 Å². The van der Waals surface area contributed by atoms with Crippen molar-refractivity contribution < 1.29 is 5.11 Å². The van der Waals surface area contributed by atoms with Gasteiger partial charge in [0, 0.05) is 12.6 Å². The van der Waals surface area contributed by atoms with Gasteiger partial charge < -0.3 is 10.0 Å². The Labute approximate surface area is 68.2 Å². The van der Waals surface area contributed by atoms with Crippen molar-refractivity contribution in [3.05, 3.63) is 0 Å². The van der Waals surface area contributed by atoms with Gasteiger partial charge in [0.2, 0.25) is 0 Å². The van der Waals surface area contributed by atoms with Crippen molar-refractivity contribution >= 4 is 0 Å². The van der Waals surface area contributed by atoms with Gasteiger partial charge in [0.25, 0.3) is 0 Å². The molecular formula is C9H17NO. The van der Waals surface area contributed by atoms with Gasteiger partial charge >= 0.3 is 0 Å². The first-order valence-corrected chi connectivity index (χ1v) is 4.40. The molecule has 64 valence electrons. The van der Waals surface area contributed by atoms with E-state index in [1.165, 1.54) is 6.54 Å². The fraction of sp³-hybridized carbons (Fsp3) is 1.00. The normalized spacial score (nSPS) is 47.5. The molecule has 0 spiro atoms. The zero-order valence-electron chi connectivity index (χ0n) is 7.54. The van der Waals surface area contributed by atoms with Crippen LogP contribution >= 0.6 is 0 Å². The third-order valence-corrected chi connectivity index (χ3v) is 3.79. The quantitative estimate of drug-likeness (QED) is 0.598. The summed E-state index contributed by atoms with van der Waals surface area (Å²) in [6.45, 7) is 6.15. The van der Waals surface area contributed by atoms with Crippen LogP contribution in [0.4, 0.5) is 0 Å². The van der Waals surface area contributed by atoms with Crippen molar-refractivity contribution in [2.24, 2.45) is 17.3 Å². The highest BCUT2D eigenvalue weighted by atomic mass is 16.3. The predicted octanol–water partition coefficient (Wildman–Crippen LogP) is 0.565. The van der Waals surface area contributed by atoms with Gasteiger partial charge in [0.15, 0.2) is 0 Å². The van der Waals surface area contributed by atoms with Crippen molar-refractivity contribution in [1.82, 2.24) is 4.90 Å². The number of aliphatic hydroxyl groups is 1. The molecule has 1 saturated heterocycles. The van der Waals surface area contributed by atoms with Crippen molar-refractivity contribution in [1.29, 1.82) is 0 Å². The van der Waals surface area contributed by atoms with Crippen LogP contribution in [0.1, 0.15) is 13.8 Å². The Morgan fingerprint density at radius 2 is 2.18 bits per heavy atom. The molecule has 0 aromatic carbocycles. The zero-order valence-corrected chi connectivity index (χ0v) is 7.54. The Morgan fingerprint density at radius 3 is 2.55 bits per heavy atom. The molecule has 1 saturated carbocycles. The van der Waals surface area contributed by atoms with Gasteiger partial charge in [-0.1, -0.05) is 13.8 Å². The number of likely N-dealkylation sites (N-methyl/N-ethyl adjacent to an activating group) is 1. The third-order valence-electron chi connectivity index (χ3n) is 3.79. The smallest absolute Gasteiger partial charge is 0.0589 e. The van der Waals surface area contributed by atoms with Crippen LogP contribution < -0.4 is 0 Å². The first kappa shape index (κ1) is 7.56. The lowest BCUT2D eigenvalue weighted by Crippen LogP contribution is -2.35. The summed E-state index contributed by atoms with van der Waals surface area (Å²) in [4.78, 5) is 2.29. The zero-order chi connectivity index (χ0) is 8.22. The van der Waals surface area contributed by atoms with E-state index >= 15 is 0 Å². The lowest BCUT2D eigenvalue weighted by Gasteiger charge is -2.25. The number of fused-ring (bicyclic) bond motifs is 1. The van der Waals surface area contributed by atoms with Crippen LogP contribution in [0.25, 0.3) is 0 Å². The standard InChI is InChI=1S/C9H17NO/c1-9(2)6-4-10(3)7(5-11)8(6)9/h6-8,11H,4-5H2,1-3H3/t6-,7+,8?/m0/s1. The second kappa shape index (κ2) is 1.99. The number of hydrogen-bond acceptors (Lipinski definition) is 2. The number of aliphatic hydroxyl groups excluding tert-OH is 1. The van der Waals surface area contributed by atoms with E-state index in [1.807, 2.05) is 0 Å². The first-order chi connectivity index (χ1) is 5.09. The molecule has 1 aliphatic heterocycles. The number of hydrogen-bond donors (Lipinski definition) is 1. The molecule has 0 radical (unpaired) electrons. The SMILES string of the molecule is CN1C[C@H]2C([C@H]1CO)C2(C)C. The van der Waals surface area contributed by atoms with Crippen LogP contribution in [0, 0.1) is 17.3 Å². The molecule has 11 heavy (non-hydrogen) atoms. The molecule has 2 nitrogen and oxygen atoms in total. The van der Waals surface area contributed by atoms with Crippen LogP contribution in [-0.4, -0.2) is 36.2 Å². The molecule has 0 bridgehead atoms. The highest BCUT2D eigenvalue weighted by Crippen LogP contribution is 2.64. The van der Waals surface area contributed by atoms with Crippen molar-refractivity contribution in [2.75, 3.05) is 20.2 Å². The van der Waals surface area contributed by atoms with E-state index in [0.29, 0.717) is 18.1 Å². The summed E-state index contributed by atoms with van der Waals surface area (Å²) in [7, 11) is 2.11. The topological polar surface area (TPSA) is 23.5 Å². The van der Waals surface area contributed by atoms with Crippen molar-refractivity contribution in [3.63, 3.8) is 0 Å². The Balaban J connectivity index is 2.11. The lowest BCUT2D eigenvalue weighted by atomic mass is 10.0. The second-order valence-corrected chi connectivity index (χ2v) is 4.64. The van der Waals surface area contributed by atoms with Crippen molar-refractivity contribution in [3.8, 4) is 0 Å². The fourth-order valence-corrected chi connectivity index (χ4v) is 2.87. The first-order valence-electron chi connectivity index (χ1n) is 4.40. The van der Waals surface area contributed by atoms with Gasteiger partial charge in [-0.25, -0.2) is 0 Å². The highest BCUT2D eigenvalue weighted by Gasteiger charge is 2.65. The third kappa shape index (κ3) is 0.798. The molecule has 0 amide bonds. The molecule has 0 aromatic rings. The number of nitrogens with zero attached hydrogens (tertiary/aromatic N) is 1. The predicted molar refractivity (Wildman–Crippen MR) is 44.3 cm³/mol. The van der Waals surface area contributed by atoms with E-state index in [4.69, 9.17) is 5.11 Å². The molecule has 3 atom stereocenters. The number of rotatable bonds is 1. The minimum atomic E-state index is 0.334. The summed E-state index contributed by atoms with van der Waals surface area (Å²) in [6, 6.07) is 0.440. The van der Waals surface area contributed by atoms with E-state index in [2.05, 4.69) is 25.8 Å². The summed E-state index contributed by atoms with van der Waals surface area (Å²) >= 11 is 0. The van der Waals surface area contributed by atoms with Gasteiger partial charge in [0.05, 0.1) is 6.61 Å². The van der Waals surface area contributed by atoms with Gasteiger partial charge in [-0.3, -0.25) is 0 Å². The molecular weight excluding hydrogens is 138 g/mol. The molecule has 1 heterocycles. The maximum absolute atomic E-state index is 9.12.